The van der Waals surface area contributed by atoms with E-state index in [0.29, 0.717) is 12.2 Å². The lowest BCUT2D eigenvalue weighted by Crippen LogP contribution is -2.12. The Morgan fingerprint density at radius 2 is 1.65 bits per heavy atom. The van der Waals surface area contributed by atoms with E-state index in [-0.39, 0.29) is 5.57 Å². The van der Waals surface area contributed by atoms with Crippen LogP contribution < -0.4 is 4.74 Å². The molecule has 0 heterocycles. The molecule has 0 radical (unpaired) electrons. The smallest absolute Gasteiger partial charge is 0.354 e. The van der Waals surface area contributed by atoms with Gasteiger partial charge in [-0.25, -0.2) is 4.79 Å². The summed E-state index contributed by atoms with van der Waals surface area (Å²) in [6.07, 6.45) is 2.57. The Bertz CT molecular complexity index is 712. The van der Waals surface area contributed by atoms with Crippen molar-refractivity contribution >= 4 is 11.5 Å². The molecule has 0 atom stereocenters. The second-order valence-electron chi connectivity index (χ2n) is 5.14. The summed E-state index contributed by atoms with van der Waals surface area (Å²) in [6.45, 7) is 2.08. The number of carbonyl (C=O) groups is 1. The van der Waals surface area contributed by atoms with Crippen molar-refractivity contribution in [2.45, 2.75) is 26.2 Å². The van der Waals surface area contributed by atoms with Gasteiger partial charge in [0.2, 0.25) is 0 Å². The summed E-state index contributed by atoms with van der Waals surface area (Å²) < 4.78 is 5.33. The highest BCUT2D eigenvalue weighted by atomic mass is 16.5. The average Bonchev–Trinajstić information content (AvgIpc) is 2.60. The van der Waals surface area contributed by atoms with E-state index >= 15 is 0 Å². The molecule has 2 rings (SSSR count). The number of carbonyl (C=O) groups excluding carboxylic acids is 1. The van der Waals surface area contributed by atoms with Crippen LogP contribution >= 0.6 is 0 Å². The molecule has 3 nitrogen and oxygen atoms in total. The lowest BCUT2D eigenvalue weighted by molar-refractivity contribution is -0.129. The molecule has 0 aliphatic carbocycles. The third-order valence-electron chi connectivity index (χ3n) is 3.47. The zero-order chi connectivity index (χ0) is 16.5. The van der Waals surface area contributed by atoms with Crippen LogP contribution in [0, 0.1) is 11.3 Å². The Kier molecular flexibility index (Phi) is 6.14. The Hall–Kier alpha value is -2.86. The molecule has 3 heteroatoms. The van der Waals surface area contributed by atoms with Crippen molar-refractivity contribution in [2.24, 2.45) is 0 Å². The first-order valence-corrected chi connectivity index (χ1v) is 7.72. The summed E-state index contributed by atoms with van der Waals surface area (Å²) in [5.74, 6) is -0.165. The van der Waals surface area contributed by atoms with E-state index in [1.54, 1.807) is 24.3 Å². The van der Waals surface area contributed by atoms with Gasteiger partial charge in [0.25, 0.3) is 0 Å². The second-order valence-corrected chi connectivity index (χ2v) is 5.14. The normalized spacial score (nSPS) is 11.3. The lowest BCUT2D eigenvalue weighted by Gasteiger charge is -2.11. The van der Waals surface area contributed by atoms with Gasteiger partial charge in [0.05, 0.1) is 0 Å². The fourth-order valence-corrected chi connectivity index (χ4v) is 2.29. The Labute approximate surface area is 136 Å². The van der Waals surface area contributed by atoms with E-state index < -0.39 is 5.97 Å². The molecule has 0 aromatic heterocycles. The third-order valence-corrected chi connectivity index (χ3v) is 3.47. The van der Waals surface area contributed by atoms with Crippen LogP contribution in [0.25, 0.3) is 5.57 Å². The number of hydrogen-bond donors (Lipinski definition) is 0. The SMILES string of the molecule is CCCCC(=C(C#N)C(=O)Oc1ccccc1)c1ccccc1. The maximum atomic E-state index is 12.4. The molecule has 0 saturated heterocycles. The highest BCUT2D eigenvalue weighted by Crippen LogP contribution is 2.25. The summed E-state index contributed by atoms with van der Waals surface area (Å²) in [5.41, 5.74) is 1.71. The summed E-state index contributed by atoms with van der Waals surface area (Å²) >= 11 is 0. The van der Waals surface area contributed by atoms with Crippen molar-refractivity contribution in [3.63, 3.8) is 0 Å². The van der Waals surface area contributed by atoms with Gasteiger partial charge in [0.15, 0.2) is 0 Å². The molecule has 2 aromatic carbocycles. The standard InChI is InChI=1S/C20H19NO2/c1-2-3-14-18(16-10-6-4-7-11-16)19(15-21)20(22)23-17-12-8-5-9-13-17/h4-13H,2-3,14H2,1H3. The van der Waals surface area contributed by atoms with E-state index in [1.807, 2.05) is 42.5 Å². The van der Waals surface area contributed by atoms with Crippen LogP contribution in [-0.2, 0) is 4.79 Å². The molecule has 0 amide bonds. The van der Waals surface area contributed by atoms with Gasteiger partial charge in [0, 0.05) is 0 Å². The maximum absolute atomic E-state index is 12.4. The van der Waals surface area contributed by atoms with Crippen LogP contribution in [0.3, 0.4) is 0 Å². The number of esters is 1. The summed E-state index contributed by atoms with van der Waals surface area (Å²) in [4.78, 5) is 12.4. The van der Waals surface area contributed by atoms with Gasteiger partial charge in [-0.05, 0) is 36.1 Å². The number of nitriles is 1. The van der Waals surface area contributed by atoms with Crippen LogP contribution in [0.4, 0.5) is 0 Å². The number of unbranched alkanes of at least 4 members (excludes halogenated alkanes) is 1. The number of allylic oxidation sites excluding steroid dienone is 1. The molecule has 0 bridgehead atoms. The number of nitrogens with zero attached hydrogens (tertiary/aromatic N) is 1. The molecule has 0 N–H and O–H groups in total. The minimum atomic E-state index is -0.603. The number of benzene rings is 2. The molecule has 0 saturated carbocycles. The zero-order valence-corrected chi connectivity index (χ0v) is 13.2. The minimum absolute atomic E-state index is 0.0773. The lowest BCUT2D eigenvalue weighted by atomic mass is 9.95. The number of rotatable bonds is 6. The molecule has 0 spiro atoms. The number of hydrogen-bond acceptors (Lipinski definition) is 3. The molecular weight excluding hydrogens is 286 g/mol. The van der Waals surface area contributed by atoms with Gasteiger partial charge in [-0.3, -0.25) is 0 Å². The van der Waals surface area contributed by atoms with Crippen molar-refractivity contribution < 1.29 is 9.53 Å². The number of ether oxygens (including phenoxy) is 1. The molecule has 0 fully saturated rings. The summed E-state index contributed by atoms with van der Waals surface area (Å²) in [5, 5.41) is 9.50. The largest absolute Gasteiger partial charge is 0.422 e. The summed E-state index contributed by atoms with van der Waals surface area (Å²) in [6, 6.07) is 20.4. The van der Waals surface area contributed by atoms with E-state index in [1.165, 1.54) is 0 Å². The van der Waals surface area contributed by atoms with Gasteiger partial charge < -0.3 is 4.74 Å². The highest BCUT2D eigenvalue weighted by molar-refractivity contribution is 6.02. The molecule has 2 aromatic rings. The monoisotopic (exact) mass is 305 g/mol. The van der Waals surface area contributed by atoms with Crippen LogP contribution in [0.2, 0.25) is 0 Å². The predicted octanol–water partition coefficient (Wildman–Crippen LogP) is 4.76. The molecule has 0 unspecified atom stereocenters. The van der Waals surface area contributed by atoms with E-state index in [0.717, 1.165) is 24.0 Å². The average molecular weight is 305 g/mol. The van der Waals surface area contributed by atoms with Crippen molar-refractivity contribution in [3.8, 4) is 11.8 Å². The topological polar surface area (TPSA) is 50.1 Å². The Morgan fingerprint density at radius 3 is 2.22 bits per heavy atom. The van der Waals surface area contributed by atoms with Gasteiger partial charge in [-0.15, -0.1) is 0 Å². The Balaban J connectivity index is 2.36. The first kappa shape index (κ1) is 16.5. The van der Waals surface area contributed by atoms with E-state index in [9.17, 15) is 10.1 Å². The molecule has 0 aliphatic rings. The fraction of sp³-hybridized carbons (Fsp3) is 0.200. The first-order chi connectivity index (χ1) is 11.3. The van der Waals surface area contributed by atoms with E-state index in [2.05, 4.69) is 6.92 Å². The van der Waals surface area contributed by atoms with Gasteiger partial charge in [0.1, 0.15) is 17.4 Å². The third kappa shape index (κ3) is 4.55. The fourth-order valence-electron chi connectivity index (χ4n) is 2.29. The summed E-state index contributed by atoms with van der Waals surface area (Å²) in [7, 11) is 0. The second kappa shape index (κ2) is 8.55. The van der Waals surface area contributed by atoms with Crippen LogP contribution in [0.1, 0.15) is 31.7 Å². The quantitative estimate of drug-likeness (QED) is 0.334. The van der Waals surface area contributed by atoms with Gasteiger partial charge >= 0.3 is 5.97 Å². The van der Waals surface area contributed by atoms with Gasteiger partial charge in [-0.2, -0.15) is 5.26 Å². The molecule has 116 valence electrons. The predicted molar refractivity (Wildman–Crippen MR) is 90.6 cm³/mol. The minimum Gasteiger partial charge on any atom is -0.422 e. The van der Waals surface area contributed by atoms with Crippen molar-refractivity contribution in [3.05, 3.63) is 71.8 Å². The van der Waals surface area contributed by atoms with Crippen molar-refractivity contribution in [1.82, 2.24) is 0 Å². The molecule has 23 heavy (non-hydrogen) atoms. The molecular formula is C20H19NO2. The van der Waals surface area contributed by atoms with Crippen molar-refractivity contribution in [2.75, 3.05) is 0 Å². The number of para-hydroxylation sites is 1. The zero-order valence-electron chi connectivity index (χ0n) is 13.2. The van der Waals surface area contributed by atoms with Gasteiger partial charge in [-0.1, -0.05) is 61.9 Å². The van der Waals surface area contributed by atoms with Crippen LogP contribution in [0.5, 0.6) is 5.75 Å². The van der Waals surface area contributed by atoms with E-state index in [4.69, 9.17) is 4.74 Å². The maximum Gasteiger partial charge on any atom is 0.354 e. The van der Waals surface area contributed by atoms with Crippen LogP contribution in [0.15, 0.2) is 66.2 Å². The first-order valence-electron chi connectivity index (χ1n) is 7.72. The molecule has 0 aliphatic heterocycles. The van der Waals surface area contributed by atoms with Crippen molar-refractivity contribution in [1.29, 1.82) is 5.26 Å². The highest BCUT2D eigenvalue weighted by Gasteiger charge is 2.18. The Morgan fingerprint density at radius 1 is 1.04 bits per heavy atom. The van der Waals surface area contributed by atoms with Crippen LogP contribution in [-0.4, -0.2) is 5.97 Å².